The molecule has 0 aromatic heterocycles. The van der Waals surface area contributed by atoms with E-state index in [-0.39, 0.29) is 24.5 Å². The van der Waals surface area contributed by atoms with Crippen LogP contribution in [0.2, 0.25) is 5.02 Å². The third kappa shape index (κ3) is 5.09. The predicted molar refractivity (Wildman–Crippen MR) is 116 cm³/mol. The number of piperazine rings is 1. The number of ether oxygens (including phenoxy) is 1. The maximum Gasteiger partial charge on any atom is 0.337 e. The largest absolute Gasteiger partial charge is 0.465 e. The van der Waals surface area contributed by atoms with Crippen LogP contribution in [-0.2, 0) is 9.53 Å². The number of methoxy groups -OCH3 is 1. The minimum absolute atomic E-state index is 0.126. The van der Waals surface area contributed by atoms with Gasteiger partial charge in [0.25, 0.3) is 0 Å². The lowest BCUT2D eigenvalue weighted by Gasteiger charge is -2.40. The molecule has 30 heavy (non-hydrogen) atoms. The van der Waals surface area contributed by atoms with Gasteiger partial charge in [-0.25, -0.2) is 4.79 Å². The molecule has 2 aromatic carbocycles. The van der Waals surface area contributed by atoms with Crippen molar-refractivity contribution in [3.8, 4) is 6.07 Å². The van der Waals surface area contributed by atoms with Crippen molar-refractivity contribution in [2.45, 2.75) is 13.0 Å². The highest BCUT2D eigenvalue weighted by molar-refractivity contribution is 6.32. The van der Waals surface area contributed by atoms with Crippen molar-refractivity contribution < 1.29 is 14.3 Å². The number of nitrogens with one attached hydrogen (secondary N) is 1. The second-order valence-electron chi connectivity index (χ2n) is 7.16. The number of hydrogen-bond acceptors (Lipinski definition) is 6. The first kappa shape index (κ1) is 21.6. The normalized spacial score (nSPS) is 16.6. The summed E-state index contributed by atoms with van der Waals surface area (Å²) in [6.07, 6.45) is 0. The molecule has 1 saturated heterocycles. The molecule has 1 amide bonds. The summed E-state index contributed by atoms with van der Waals surface area (Å²) in [7, 11) is 1.36. The number of nitriles is 1. The smallest absolute Gasteiger partial charge is 0.337 e. The summed E-state index contributed by atoms with van der Waals surface area (Å²) in [6.45, 7) is 4.64. The van der Waals surface area contributed by atoms with Gasteiger partial charge in [0.2, 0.25) is 5.91 Å². The number of nitrogens with zero attached hydrogens (tertiary/aromatic N) is 3. The second kappa shape index (κ2) is 9.61. The van der Waals surface area contributed by atoms with Gasteiger partial charge < -0.3 is 15.0 Å². The summed E-state index contributed by atoms with van der Waals surface area (Å²) in [4.78, 5) is 28.4. The number of carbonyl (C=O) groups excluding carboxylic acids is 2. The molecule has 0 radical (unpaired) electrons. The van der Waals surface area contributed by atoms with Gasteiger partial charge >= 0.3 is 5.97 Å². The van der Waals surface area contributed by atoms with Gasteiger partial charge in [0.05, 0.1) is 29.8 Å². The molecule has 3 rings (SSSR count). The van der Waals surface area contributed by atoms with E-state index >= 15 is 0 Å². The van der Waals surface area contributed by atoms with E-state index in [0.717, 1.165) is 25.3 Å². The minimum atomic E-state index is -0.352. The number of rotatable bonds is 5. The van der Waals surface area contributed by atoms with Gasteiger partial charge in [-0.05, 0) is 49.4 Å². The van der Waals surface area contributed by atoms with Gasteiger partial charge in [-0.2, -0.15) is 5.26 Å². The fraction of sp³-hybridized carbons (Fsp3) is 0.318. The van der Waals surface area contributed by atoms with Gasteiger partial charge in [0.15, 0.2) is 0 Å². The van der Waals surface area contributed by atoms with Gasteiger partial charge in [0.1, 0.15) is 6.07 Å². The predicted octanol–water partition coefficient (Wildman–Crippen LogP) is 3.15. The Morgan fingerprint density at radius 1 is 1.23 bits per heavy atom. The lowest BCUT2D eigenvalue weighted by molar-refractivity contribution is -0.117. The zero-order valence-electron chi connectivity index (χ0n) is 16.9. The number of anilines is 2. The van der Waals surface area contributed by atoms with Crippen LogP contribution in [0.3, 0.4) is 0 Å². The van der Waals surface area contributed by atoms with Crippen molar-refractivity contribution in [2.75, 3.05) is 43.5 Å². The van der Waals surface area contributed by atoms with Crippen LogP contribution in [0.5, 0.6) is 0 Å². The molecule has 0 aliphatic carbocycles. The third-order valence-electron chi connectivity index (χ3n) is 5.14. The first-order valence-corrected chi connectivity index (χ1v) is 9.96. The van der Waals surface area contributed by atoms with Crippen molar-refractivity contribution in [1.82, 2.24) is 4.90 Å². The van der Waals surface area contributed by atoms with E-state index in [1.54, 1.807) is 30.3 Å². The Morgan fingerprint density at radius 3 is 2.57 bits per heavy atom. The third-order valence-corrected chi connectivity index (χ3v) is 5.45. The van der Waals surface area contributed by atoms with Crippen LogP contribution in [0.1, 0.15) is 22.8 Å². The Labute approximate surface area is 180 Å². The summed E-state index contributed by atoms with van der Waals surface area (Å²) in [5.41, 5.74) is 2.50. The lowest BCUT2D eigenvalue weighted by atomic mass is 10.1. The molecule has 0 saturated carbocycles. The zero-order chi connectivity index (χ0) is 21.7. The van der Waals surface area contributed by atoms with Crippen molar-refractivity contribution in [3.05, 3.63) is 58.6 Å². The topological polar surface area (TPSA) is 85.7 Å². The molecule has 1 heterocycles. The van der Waals surface area contributed by atoms with E-state index in [1.807, 2.05) is 18.2 Å². The summed E-state index contributed by atoms with van der Waals surface area (Å²) in [6, 6.07) is 14.4. The van der Waals surface area contributed by atoms with Gasteiger partial charge in [0, 0.05) is 37.1 Å². The molecule has 1 unspecified atom stereocenters. The van der Waals surface area contributed by atoms with Gasteiger partial charge in [-0.15, -0.1) is 0 Å². The summed E-state index contributed by atoms with van der Waals surface area (Å²) in [5, 5.41) is 12.1. The number of carbonyl (C=O) groups is 2. The number of halogens is 1. The van der Waals surface area contributed by atoms with Crippen LogP contribution < -0.4 is 10.2 Å². The van der Waals surface area contributed by atoms with Crippen molar-refractivity contribution >= 4 is 34.9 Å². The van der Waals surface area contributed by atoms with E-state index in [1.165, 1.54) is 7.11 Å². The standard InChI is InChI=1S/C22H23ClN4O3/c1-15-13-27(19-7-4-16(5-8-19)22(29)30-2)10-9-26(15)14-21(28)25-18-6-3-17(12-24)20(23)11-18/h3-8,11,15H,9-10,13-14H2,1-2H3,(H,25,28). The molecule has 0 spiro atoms. The fourth-order valence-corrected chi connectivity index (χ4v) is 3.68. The molecule has 7 nitrogen and oxygen atoms in total. The summed E-state index contributed by atoms with van der Waals surface area (Å²) >= 11 is 6.02. The molecular weight excluding hydrogens is 404 g/mol. The summed E-state index contributed by atoms with van der Waals surface area (Å²) in [5.74, 6) is -0.479. The minimum Gasteiger partial charge on any atom is -0.465 e. The number of amides is 1. The maximum absolute atomic E-state index is 12.5. The number of hydrogen-bond donors (Lipinski definition) is 1. The molecule has 156 valence electrons. The lowest BCUT2D eigenvalue weighted by Crippen LogP contribution is -2.53. The first-order valence-electron chi connectivity index (χ1n) is 9.58. The monoisotopic (exact) mass is 426 g/mol. The molecule has 8 heteroatoms. The zero-order valence-corrected chi connectivity index (χ0v) is 17.6. The highest BCUT2D eigenvalue weighted by Gasteiger charge is 2.25. The molecular formula is C22H23ClN4O3. The highest BCUT2D eigenvalue weighted by Crippen LogP contribution is 2.22. The Hall–Kier alpha value is -3.08. The molecule has 1 atom stereocenters. The second-order valence-corrected chi connectivity index (χ2v) is 7.57. The van der Waals surface area contributed by atoms with Crippen LogP contribution in [0.4, 0.5) is 11.4 Å². The van der Waals surface area contributed by atoms with E-state index in [2.05, 4.69) is 22.0 Å². The summed E-state index contributed by atoms with van der Waals surface area (Å²) < 4.78 is 4.73. The van der Waals surface area contributed by atoms with E-state index < -0.39 is 0 Å². The van der Waals surface area contributed by atoms with E-state index in [9.17, 15) is 9.59 Å². The molecule has 1 aliphatic heterocycles. The van der Waals surface area contributed by atoms with E-state index in [0.29, 0.717) is 21.8 Å². The van der Waals surface area contributed by atoms with Crippen LogP contribution >= 0.6 is 11.6 Å². The van der Waals surface area contributed by atoms with Crippen molar-refractivity contribution in [3.63, 3.8) is 0 Å². The SMILES string of the molecule is COC(=O)c1ccc(N2CCN(CC(=O)Nc3ccc(C#N)c(Cl)c3)C(C)C2)cc1. The van der Waals surface area contributed by atoms with Crippen molar-refractivity contribution in [1.29, 1.82) is 5.26 Å². The van der Waals surface area contributed by atoms with Crippen LogP contribution in [0.15, 0.2) is 42.5 Å². The maximum atomic E-state index is 12.5. The Balaban J connectivity index is 1.55. The van der Waals surface area contributed by atoms with Crippen LogP contribution in [-0.4, -0.2) is 56.1 Å². The quantitative estimate of drug-likeness (QED) is 0.739. The molecule has 1 aliphatic rings. The number of esters is 1. The molecule has 0 bridgehead atoms. The average Bonchev–Trinajstić information content (AvgIpc) is 2.75. The number of benzene rings is 2. The van der Waals surface area contributed by atoms with Crippen LogP contribution in [0, 0.1) is 11.3 Å². The van der Waals surface area contributed by atoms with Gasteiger partial charge in [-0.3, -0.25) is 9.69 Å². The Morgan fingerprint density at radius 2 is 1.97 bits per heavy atom. The van der Waals surface area contributed by atoms with Crippen LogP contribution in [0.25, 0.3) is 0 Å². The fourth-order valence-electron chi connectivity index (χ4n) is 3.46. The highest BCUT2D eigenvalue weighted by atomic mass is 35.5. The van der Waals surface area contributed by atoms with E-state index in [4.69, 9.17) is 21.6 Å². The average molecular weight is 427 g/mol. The molecule has 1 fully saturated rings. The Kier molecular flexibility index (Phi) is 6.93. The van der Waals surface area contributed by atoms with Gasteiger partial charge in [-0.1, -0.05) is 11.6 Å². The molecule has 2 aromatic rings. The Bertz CT molecular complexity index is 971. The van der Waals surface area contributed by atoms with Crippen molar-refractivity contribution in [2.24, 2.45) is 0 Å². The first-order chi connectivity index (χ1) is 14.4. The molecule has 1 N–H and O–H groups in total.